The molecule has 4 rings (SSSR count). The SMILES string of the molecule is C=CCCC1CCC(c2ccc3c(c2F)C(F)C(F)c2c-3ccc(CCC)c2F)OC1. The second kappa shape index (κ2) is 9.15. The first kappa shape index (κ1) is 22.1. The van der Waals surface area contributed by atoms with Crippen molar-refractivity contribution in [2.75, 3.05) is 6.61 Å². The first-order valence-corrected chi connectivity index (χ1v) is 11.1. The molecule has 0 radical (unpaired) electrons. The van der Waals surface area contributed by atoms with Crippen molar-refractivity contribution in [3.05, 3.63) is 70.8 Å². The van der Waals surface area contributed by atoms with Gasteiger partial charge in [0.1, 0.15) is 11.6 Å². The van der Waals surface area contributed by atoms with Crippen LogP contribution in [-0.2, 0) is 11.2 Å². The molecule has 1 aliphatic heterocycles. The van der Waals surface area contributed by atoms with Gasteiger partial charge in [-0.3, -0.25) is 0 Å². The molecule has 0 amide bonds. The van der Waals surface area contributed by atoms with Crippen LogP contribution < -0.4 is 0 Å². The van der Waals surface area contributed by atoms with Crippen molar-refractivity contribution in [3.63, 3.8) is 0 Å². The van der Waals surface area contributed by atoms with E-state index in [-0.39, 0.29) is 27.8 Å². The van der Waals surface area contributed by atoms with Crippen molar-refractivity contribution in [3.8, 4) is 11.1 Å². The summed E-state index contributed by atoms with van der Waals surface area (Å²) in [5.41, 5.74) is 0.447. The number of halogens is 4. The largest absolute Gasteiger partial charge is 0.373 e. The van der Waals surface area contributed by atoms with Gasteiger partial charge in [0, 0.05) is 16.7 Å². The van der Waals surface area contributed by atoms with Gasteiger partial charge >= 0.3 is 0 Å². The molecular weight excluding hydrogens is 404 g/mol. The number of ether oxygens (including phenoxy) is 1. The zero-order valence-electron chi connectivity index (χ0n) is 17.8. The molecular formula is C26H28F4O. The van der Waals surface area contributed by atoms with Gasteiger partial charge in [0.15, 0.2) is 12.3 Å². The fourth-order valence-electron chi connectivity index (χ4n) is 4.89. The van der Waals surface area contributed by atoms with Gasteiger partial charge in [-0.25, -0.2) is 17.6 Å². The summed E-state index contributed by atoms with van der Waals surface area (Å²) in [4.78, 5) is 0. The Kier molecular flexibility index (Phi) is 6.52. The van der Waals surface area contributed by atoms with Crippen LogP contribution in [0.4, 0.5) is 17.6 Å². The van der Waals surface area contributed by atoms with Crippen molar-refractivity contribution in [1.29, 1.82) is 0 Å². The molecule has 0 aromatic heterocycles. The predicted octanol–water partition coefficient (Wildman–Crippen LogP) is 8.05. The fourth-order valence-corrected chi connectivity index (χ4v) is 4.89. The van der Waals surface area contributed by atoms with E-state index in [1.165, 1.54) is 0 Å². The second-order valence-electron chi connectivity index (χ2n) is 8.61. The Hall–Kier alpha value is -2.14. The minimum atomic E-state index is -2.25. The van der Waals surface area contributed by atoms with Crippen LogP contribution in [-0.4, -0.2) is 6.61 Å². The zero-order chi connectivity index (χ0) is 22.1. The van der Waals surface area contributed by atoms with Crippen LogP contribution in [0.2, 0.25) is 0 Å². The van der Waals surface area contributed by atoms with E-state index in [0.717, 1.165) is 19.3 Å². The van der Waals surface area contributed by atoms with Crippen LogP contribution in [0.25, 0.3) is 11.1 Å². The Morgan fingerprint density at radius 2 is 1.68 bits per heavy atom. The van der Waals surface area contributed by atoms with E-state index < -0.39 is 30.1 Å². The highest BCUT2D eigenvalue weighted by Gasteiger charge is 2.40. The molecule has 1 saturated heterocycles. The van der Waals surface area contributed by atoms with Crippen LogP contribution in [0.5, 0.6) is 0 Å². The molecule has 0 bridgehead atoms. The van der Waals surface area contributed by atoms with Crippen molar-refractivity contribution >= 4 is 0 Å². The van der Waals surface area contributed by atoms with Crippen molar-refractivity contribution in [2.24, 2.45) is 5.92 Å². The zero-order valence-corrected chi connectivity index (χ0v) is 17.8. The molecule has 0 saturated carbocycles. The number of rotatable bonds is 6. The molecule has 1 fully saturated rings. The van der Waals surface area contributed by atoms with Crippen LogP contribution in [0.1, 0.15) is 79.7 Å². The number of alkyl halides is 2. The summed E-state index contributed by atoms with van der Waals surface area (Å²) in [5.74, 6) is -1.09. The second-order valence-corrected chi connectivity index (χ2v) is 8.61. The van der Waals surface area contributed by atoms with Gasteiger partial charge in [-0.05, 0) is 54.7 Å². The molecule has 4 unspecified atom stereocenters. The lowest BCUT2D eigenvalue weighted by molar-refractivity contribution is -0.0209. The average Bonchev–Trinajstić information content (AvgIpc) is 2.78. The quantitative estimate of drug-likeness (QED) is 0.331. The van der Waals surface area contributed by atoms with Crippen molar-refractivity contribution in [1.82, 2.24) is 0 Å². The molecule has 2 aromatic carbocycles. The molecule has 2 aliphatic rings. The maximum Gasteiger partial charge on any atom is 0.164 e. The van der Waals surface area contributed by atoms with E-state index in [0.29, 0.717) is 37.4 Å². The Morgan fingerprint density at radius 3 is 2.29 bits per heavy atom. The number of hydrogen-bond donors (Lipinski definition) is 0. The number of fused-ring (bicyclic) bond motifs is 3. The molecule has 166 valence electrons. The van der Waals surface area contributed by atoms with E-state index in [1.807, 2.05) is 13.0 Å². The lowest BCUT2D eigenvalue weighted by Crippen LogP contribution is -2.23. The number of hydrogen-bond acceptors (Lipinski definition) is 1. The lowest BCUT2D eigenvalue weighted by Gasteiger charge is -2.32. The summed E-state index contributed by atoms with van der Waals surface area (Å²) in [6.45, 7) is 6.13. The van der Waals surface area contributed by atoms with Crippen LogP contribution in [0.15, 0.2) is 36.9 Å². The third-order valence-corrected chi connectivity index (χ3v) is 6.58. The Morgan fingerprint density at radius 1 is 1.00 bits per heavy atom. The molecule has 0 N–H and O–H groups in total. The fraction of sp³-hybridized carbons (Fsp3) is 0.462. The van der Waals surface area contributed by atoms with Gasteiger partial charge in [0.05, 0.1) is 12.7 Å². The molecule has 1 nitrogen and oxygen atoms in total. The topological polar surface area (TPSA) is 9.23 Å². The Bertz CT molecular complexity index is 962. The molecule has 0 spiro atoms. The molecule has 4 atom stereocenters. The average molecular weight is 433 g/mol. The third kappa shape index (κ3) is 3.93. The van der Waals surface area contributed by atoms with Gasteiger partial charge < -0.3 is 4.74 Å². The minimum Gasteiger partial charge on any atom is -0.373 e. The van der Waals surface area contributed by atoms with Crippen LogP contribution >= 0.6 is 0 Å². The first-order valence-electron chi connectivity index (χ1n) is 11.1. The smallest absolute Gasteiger partial charge is 0.164 e. The molecule has 5 heteroatoms. The Balaban J connectivity index is 1.68. The van der Waals surface area contributed by atoms with Crippen molar-refractivity contribution < 1.29 is 22.3 Å². The van der Waals surface area contributed by atoms with E-state index in [9.17, 15) is 4.39 Å². The number of benzene rings is 2. The van der Waals surface area contributed by atoms with Gasteiger partial charge in [0.2, 0.25) is 0 Å². The highest BCUT2D eigenvalue weighted by atomic mass is 19.2. The standard InChI is InChI=1S/C26H28F4O/c1-3-5-7-15-8-13-20(31-14-15)19-12-11-18-17-10-9-16(6-4-2)23(27)21(17)25(29)26(30)22(18)24(19)28/h3,9-12,15,20,25-26H,1,4-8,13-14H2,2H3. The van der Waals surface area contributed by atoms with Gasteiger partial charge in [-0.15, -0.1) is 6.58 Å². The van der Waals surface area contributed by atoms with E-state index in [1.54, 1.807) is 24.3 Å². The van der Waals surface area contributed by atoms with Crippen LogP contribution in [0, 0.1) is 17.6 Å². The van der Waals surface area contributed by atoms with Crippen LogP contribution in [0.3, 0.4) is 0 Å². The number of aryl methyl sites for hydroxylation is 1. The Labute approximate surface area is 181 Å². The molecule has 1 heterocycles. The molecule has 31 heavy (non-hydrogen) atoms. The van der Waals surface area contributed by atoms with Gasteiger partial charge in [-0.1, -0.05) is 43.7 Å². The van der Waals surface area contributed by atoms with Gasteiger partial charge in [-0.2, -0.15) is 0 Å². The highest BCUT2D eigenvalue weighted by molar-refractivity contribution is 5.76. The highest BCUT2D eigenvalue weighted by Crippen LogP contribution is 2.51. The first-order chi connectivity index (χ1) is 15.0. The summed E-state index contributed by atoms with van der Waals surface area (Å²) in [6.07, 6.45) is 1.41. The third-order valence-electron chi connectivity index (χ3n) is 6.58. The maximum absolute atomic E-state index is 15.5. The monoisotopic (exact) mass is 432 g/mol. The predicted molar refractivity (Wildman–Crippen MR) is 114 cm³/mol. The number of allylic oxidation sites excluding steroid dienone is 1. The summed E-state index contributed by atoms with van der Waals surface area (Å²) < 4.78 is 66.4. The normalized spacial score (nSPS) is 25.1. The molecule has 1 aliphatic carbocycles. The van der Waals surface area contributed by atoms with Gasteiger partial charge in [0.25, 0.3) is 0 Å². The van der Waals surface area contributed by atoms with E-state index in [2.05, 4.69) is 6.58 Å². The minimum absolute atomic E-state index is 0.222. The summed E-state index contributed by atoms with van der Waals surface area (Å²) in [5, 5.41) is 0. The van der Waals surface area contributed by atoms with E-state index >= 15 is 13.2 Å². The van der Waals surface area contributed by atoms with Crippen molar-refractivity contribution in [2.45, 2.75) is 63.9 Å². The summed E-state index contributed by atoms with van der Waals surface area (Å²) in [7, 11) is 0. The summed E-state index contributed by atoms with van der Waals surface area (Å²) in [6, 6.07) is 6.33. The van der Waals surface area contributed by atoms with E-state index in [4.69, 9.17) is 4.74 Å². The summed E-state index contributed by atoms with van der Waals surface area (Å²) >= 11 is 0. The lowest BCUT2D eigenvalue weighted by atomic mass is 9.80. The molecule has 2 aromatic rings. The maximum atomic E-state index is 15.5.